The number of nitrogens with zero attached hydrogens (tertiary/aromatic N) is 4. The molecule has 204 valence electrons. The topological polar surface area (TPSA) is 107 Å². The van der Waals surface area contributed by atoms with Gasteiger partial charge in [0, 0.05) is 42.1 Å². The van der Waals surface area contributed by atoms with Crippen LogP contribution in [0.4, 0.5) is 5.69 Å². The molecular formula is C30H29N5O4S. The van der Waals surface area contributed by atoms with Gasteiger partial charge in [0.2, 0.25) is 12.7 Å². The Morgan fingerprint density at radius 2 is 1.73 bits per heavy atom. The number of ether oxygens (including phenoxy) is 2. The summed E-state index contributed by atoms with van der Waals surface area (Å²) in [5.41, 5.74) is 4.74. The van der Waals surface area contributed by atoms with Crippen LogP contribution in [0, 0.1) is 20.8 Å². The number of carbonyl (C=O) groups is 2. The molecular weight excluding hydrogens is 526 g/mol. The molecule has 40 heavy (non-hydrogen) atoms. The number of anilines is 1. The predicted octanol–water partition coefficient (Wildman–Crippen LogP) is 5.03. The van der Waals surface area contributed by atoms with Crippen molar-refractivity contribution in [3.05, 3.63) is 101 Å². The Hall–Kier alpha value is -4.44. The zero-order chi connectivity index (χ0) is 28.1. The second kappa shape index (κ2) is 12.2. The van der Waals surface area contributed by atoms with Crippen LogP contribution in [-0.2, 0) is 16.1 Å². The van der Waals surface area contributed by atoms with Crippen molar-refractivity contribution in [3.63, 3.8) is 0 Å². The fourth-order valence-corrected chi connectivity index (χ4v) is 5.22. The van der Waals surface area contributed by atoms with Crippen molar-refractivity contribution < 1.29 is 19.1 Å². The number of hydrogen-bond acceptors (Lipinski definition) is 8. The molecule has 2 amide bonds. The lowest BCUT2D eigenvalue weighted by atomic mass is 10.0. The van der Waals surface area contributed by atoms with E-state index in [2.05, 4.69) is 20.3 Å². The molecule has 0 saturated carbocycles. The summed E-state index contributed by atoms with van der Waals surface area (Å²) < 4.78 is 10.9. The van der Waals surface area contributed by atoms with Gasteiger partial charge >= 0.3 is 0 Å². The fourth-order valence-electron chi connectivity index (χ4n) is 4.39. The van der Waals surface area contributed by atoms with Gasteiger partial charge in [0.05, 0.1) is 5.75 Å². The van der Waals surface area contributed by atoms with Gasteiger partial charge in [-0.05, 0) is 56.2 Å². The van der Waals surface area contributed by atoms with Crippen molar-refractivity contribution in [3.8, 4) is 11.5 Å². The SMILES string of the molecule is Cc1ccc(C(C(=O)Nc2ccc3c(c2)OCO3)N(Cc2cccnc2)C(=O)CSc2nc(C)cc(C)n2)cc1. The van der Waals surface area contributed by atoms with Crippen LogP contribution < -0.4 is 14.8 Å². The normalized spacial score (nSPS) is 12.6. The third-order valence-corrected chi connectivity index (χ3v) is 7.11. The molecule has 1 N–H and O–H groups in total. The molecule has 0 aliphatic carbocycles. The maximum absolute atomic E-state index is 14.0. The molecule has 2 aromatic carbocycles. The van der Waals surface area contributed by atoms with Gasteiger partial charge in [-0.2, -0.15) is 0 Å². The minimum absolute atomic E-state index is 0.0584. The predicted molar refractivity (Wildman–Crippen MR) is 152 cm³/mol. The molecule has 1 aliphatic rings. The average Bonchev–Trinajstić information content (AvgIpc) is 3.40. The number of hydrogen-bond donors (Lipinski definition) is 1. The zero-order valence-electron chi connectivity index (χ0n) is 22.5. The average molecular weight is 556 g/mol. The summed E-state index contributed by atoms with van der Waals surface area (Å²) in [5, 5.41) is 3.50. The fraction of sp³-hybridized carbons (Fsp3) is 0.233. The van der Waals surface area contributed by atoms with Crippen molar-refractivity contribution >= 4 is 29.3 Å². The van der Waals surface area contributed by atoms with Gasteiger partial charge in [-0.25, -0.2) is 9.97 Å². The monoisotopic (exact) mass is 555 g/mol. The van der Waals surface area contributed by atoms with Crippen LogP contribution in [-0.4, -0.2) is 44.2 Å². The highest BCUT2D eigenvalue weighted by atomic mass is 32.2. The molecule has 5 rings (SSSR count). The van der Waals surface area contributed by atoms with Gasteiger partial charge in [0.1, 0.15) is 6.04 Å². The first-order valence-corrected chi connectivity index (χ1v) is 13.7. The van der Waals surface area contributed by atoms with Crippen LogP contribution in [0.15, 0.2) is 78.2 Å². The molecule has 0 fully saturated rings. The van der Waals surface area contributed by atoms with Gasteiger partial charge in [0.25, 0.3) is 5.91 Å². The molecule has 3 heterocycles. The summed E-state index contributed by atoms with van der Waals surface area (Å²) in [5.74, 6) is 0.642. The van der Waals surface area contributed by atoms with E-state index in [1.807, 2.05) is 63.2 Å². The van der Waals surface area contributed by atoms with E-state index in [4.69, 9.17) is 9.47 Å². The van der Waals surface area contributed by atoms with Gasteiger partial charge in [-0.15, -0.1) is 0 Å². The van der Waals surface area contributed by atoms with E-state index in [0.29, 0.717) is 27.9 Å². The Balaban J connectivity index is 1.47. The van der Waals surface area contributed by atoms with Gasteiger partial charge < -0.3 is 19.7 Å². The number of rotatable bonds is 9. The number of aromatic nitrogens is 3. The smallest absolute Gasteiger partial charge is 0.251 e. The standard InChI is InChI=1S/C30H29N5O4S/c1-19-6-8-23(9-7-19)28(29(37)34-24-10-11-25-26(14-24)39-18-38-25)35(16-22-5-4-12-31-15-22)27(36)17-40-30-32-20(2)13-21(3)33-30/h4-15,28H,16-18H2,1-3H3,(H,34,37). The highest BCUT2D eigenvalue weighted by Crippen LogP contribution is 2.35. The van der Waals surface area contributed by atoms with E-state index in [1.165, 1.54) is 11.8 Å². The lowest BCUT2D eigenvalue weighted by molar-refractivity contribution is -0.137. The first kappa shape index (κ1) is 27.1. The first-order chi connectivity index (χ1) is 19.4. The van der Waals surface area contributed by atoms with Crippen molar-refractivity contribution in [2.75, 3.05) is 17.9 Å². The molecule has 2 aromatic heterocycles. The molecule has 9 nitrogen and oxygen atoms in total. The maximum atomic E-state index is 14.0. The highest BCUT2D eigenvalue weighted by molar-refractivity contribution is 7.99. The Bertz CT molecular complexity index is 1490. The molecule has 0 saturated heterocycles. The molecule has 1 atom stereocenters. The zero-order valence-corrected chi connectivity index (χ0v) is 23.3. The lowest BCUT2D eigenvalue weighted by Crippen LogP contribution is -2.41. The second-order valence-corrected chi connectivity index (χ2v) is 10.4. The van der Waals surface area contributed by atoms with Crippen LogP contribution in [0.25, 0.3) is 0 Å². The summed E-state index contributed by atoms with van der Waals surface area (Å²) in [6, 6.07) is 17.5. The summed E-state index contributed by atoms with van der Waals surface area (Å²) in [6.45, 7) is 6.08. The number of thioether (sulfide) groups is 1. The van der Waals surface area contributed by atoms with Crippen LogP contribution in [0.2, 0.25) is 0 Å². The van der Waals surface area contributed by atoms with Crippen molar-refractivity contribution in [2.45, 2.75) is 38.5 Å². The van der Waals surface area contributed by atoms with Crippen LogP contribution in [0.1, 0.15) is 34.1 Å². The minimum atomic E-state index is -0.917. The van der Waals surface area contributed by atoms with Crippen molar-refractivity contribution in [1.82, 2.24) is 19.9 Å². The second-order valence-electron chi connectivity index (χ2n) is 9.48. The minimum Gasteiger partial charge on any atom is -0.454 e. The number of benzene rings is 2. The third-order valence-electron chi connectivity index (χ3n) is 6.28. The molecule has 4 aromatic rings. The van der Waals surface area contributed by atoms with Crippen LogP contribution >= 0.6 is 11.8 Å². The van der Waals surface area contributed by atoms with E-state index in [1.54, 1.807) is 35.5 Å². The number of aryl methyl sites for hydroxylation is 3. The van der Waals surface area contributed by atoms with Crippen molar-refractivity contribution in [2.24, 2.45) is 0 Å². The maximum Gasteiger partial charge on any atom is 0.251 e. The molecule has 0 bridgehead atoms. The number of amides is 2. The van der Waals surface area contributed by atoms with Gasteiger partial charge in [-0.3, -0.25) is 14.6 Å². The largest absolute Gasteiger partial charge is 0.454 e. The number of nitrogens with one attached hydrogen (secondary N) is 1. The first-order valence-electron chi connectivity index (χ1n) is 12.8. The summed E-state index contributed by atoms with van der Waals surface area (Å²) in [6.07, 6.45) is 3.37. The van der Waals surface area contributed by atoms with Gasteiger partial charge in [-0.1, -0.05) is 47.7 Å². The van der Waals surface area contributed by atoms with E-state index in [-0.39, 0.29) is 30.9 Å². The summed E-state index contributed by atoms with van der Waals surface area (Å²) in [7, 11) is 0. The van der Waals surface area contributed by atoms with E-state index < -0.39 is 6.04 Å². The van der Waals surface area contributed by atoms with E-state index in [9.17, 15) is 9.59 Å². The van der Waals surface area contributed by atoms with E-state index >= 15 is 0 Å². The Morgan fingerprint density at radius 1 is 0.975 bits per heavy atom. The summed E-state index contributed by atoms with van der Waals surface area (Å²) in [4.78, 5) is 42.6. The van der Waals surface area contributed by atoms with Crippen LogP contribution in [0.5, 0.6) is 11.5 Å². The van der Waals surface area contributed by atoms with Crippen molar-refractivity contribution in [1.29, 1.82) is 0 Å². The molecule has 0 radical (unpaired) electrons. The highest BCUT2D eigenvalue weighted by Gasteiger charge is 2.32. The van der Waals surface area contributed by atoms with E-state index in [0.717, 1.165) is 22.5 Å². The Kier molecular flexibility index (Phi) is 8.26. The Labute approximate surface area is 237 Å². The Morgan fingerprint density at radius 3 is 2.45 bits per heavy atom. The lowest BCUT2D eigenvalue weighted by Gasteiger charge is -2.31. The van der Waals surface area contributed by atoms with Crippen LogP contribution in [0.3, 0.4) is 0 Å². The number of pyridine rings is 1. The quantitative estimate of drug-likeness (QED) is 0.227. The molecule has 1 aliphatic heterocycles. The number of fused-ring (bicyclic) bond motifs is 1. The van der Waals surface area contributed by atoms with Gasteiger partial charge in [0.15, 0.2) is 16.7 Å². The molecule has 10 heteroatoms. The number of carbonyl (C=O) groups excluding carboxylic acids is 2. The third kappa shape index (κ3) is 6.58. The molecule has 0 spiro atoms. The molecule has 1 unspecified atom stereocenters. The summed E-state index contributed by atoms with van der Waals surface area (Å²) >= 11 is 1.25.